The Labute approximate surface area is 74.2 Å². The number of rotatable bonds is 3. The fourth-order valence-corrected chi connectivity index (χ4v) is 1.47. The zero-order valence-corrected chi connectivity index (χ0v) is 7.97. The van der Waals surface area contributed by atoms with E-state index in [1.54, 1.807) is 7.11 Å². The van der Waals surface area contributed by atoms with Crippen molar-refractivity contribution in [1.29, 1.82) is 5.41 Å². The van der Waals surface area contributed by atoms with E-state index in [0.29, 0.717) is 0 Å². The molecule has 1 rings (SSSR count). The first-order valence-corrected chi connectivity index (χ1v) is 4.59. The van der Waals surface area contributed by atoms with Gasteiger partial charge >= 0.3 is 0 Å². The Bertz CT molecular complexity index is 159. The smallest absolute Gasteiger partial charge is 0.0958 e. The topological polar surface area (TPSA) is 36.3 Å². The van der Waals surface area contributed by atoms with Crippen LogP contribution in [0.25, 0.3) is 0 Å². The molecule has 1 aliphatic heterocycles. The normalized spacial score (nSPS) is 21.2. The fraction of sp³-hybridized carbons (Fsp3) is 0.889. The number of amidine groups is 1. The van der Waals surface area contributed by atoms with Crippen LogP contribution >= 0.6 is 0 Å². The van der Waals surface area contributed by atoms with E-state index < -0.39 is 0 Å². The highest BCUT2D eigenvalue weighted by atomic mass is 16.5. The summed E-state index contributed by atoms with van der Waals surface area (Å²) in [7, 11) is 1.72. The van der Waals surface area contributed by atoms with Crippen molar-refractivity contribution in [2.75, 3.05) is 20.2 Å². The molecule has 70 valence electrons. The quantitative estimate of drug-likeness (QED) is 0.696. The van der Waals surface area contributed by atoms with Gasteiger partial charge in [0, 0.05) is 26.6 Å². The van der Waals surface area contributed by atoms with Gasteiger partial charge in [-0.2, -0.15) is 0 Å². The van der Waals surface area contributed by atoms with Crippen LogP contribution in [-0.4, -0.2) is 37.0 Å². The van der Waals surface area contributed by atoms with Crippen LogP contribution in [0.5, 0.6) is 0 Å². The van der Waals surface area contributed by atoms with Crippen LogP contribution in [-0.2, 0) is 4.74 Å². The summed E-state index contributed by atoms with van der Waals surface area (Å²) in [5.74, 6) is 0.783. The van der Waals surface area contributed by atoms with Crippen molar-refractivity contribution in [3.05, 3.63) is 0 Å². The molecule has 3 nitrogen and oxygen atoms in total. The molecule has 1 atom stereocenters. The van der Waals surface area contributed by atoms with Gasteiger partial charge in [-0.1, -0.05) is 0 Å². The number of nitrogens with zero attached hydrogens (tertiary/aromatic N) is 1. The predicted molar refractivity (Wildman–Crippen MR) is 49.6 cm³/mol. The summed E-state index contributed by atoms with van der Waals surface area (Å²) in [5, 5.41) is 7.68. The van der Waals surface area contributed by atoms with Gasteiger partial charge in [0.1, 0.15) is 0 Å². The summed E-state index contributed by atoms with van der Waals surface area (Å²) >= 11 is 0. The third-order valence-electron chi connectivity index (χ3n) is 2.35. The minimum absolute atomic E-state index is 0.239. The first-order chi connectivity index (χ1) is 5.74. The van der Waals surface area contributed by atoms with Gasteiger partial charge in [0.15, 0.2) is 0 Å². The Kier molecular flexibility index (Phi) is 3.53. The minimum atomic E-state index is 0.239. The van der Waals surface area contributed by atoms with Gasteiger partial charge in [-0.05, 0) is 19.8 Å². The molecule has 0 saturated carbocycles. The van der Waals surface area contributed by atoms with Gasteiger partial charge in [-0.15, -0.1) is 0 Å². The van der Waals surface area contributed by atoms with Gasteiger partial charge in [0.05, 0.1) is 11.9 Å². The minimum Gasteiger partial charge on any atom is -0.380 e. The summed E-state index contributed by atoms with van der Waals surface area (Å²) in [6.45, 7) is 3.95. The number of ether oxygens (including phenoxy) is 1. The second-order valence-electron chi connectivity index (χ2n) is 3.40. The van der Waals surface area contributed by atoms with Gasteiger partial charge in [-0.3, -0.25) is 5.41 Å². The third kappa shape index (κ3) is 2.48. The van der Waals surface area contributed by atoms with Crippen LogP contribution in [0, 0.1) is 5.41 Å². The molecule has 0 aromatic rings. The van der Waals surface area contributed by atoms with E-state index >= 15 is 0 Å². The first kappa shape index (κ1) is 9.52. The van der Waals surface area contributed by atoms with Gasteiger partial charge < -0.3 is 9.64 Å². The molecule has 1 saturated heterocycles. The second-order valence-corrected chi connectivity index (χ2v) is 3.40. The van der Waals surface area contributed by atoms with Crippen LogP contribution in [0.3, 0.4) is 0 Å². The summed E-state index contributed by atoms with van der Waals surface area (Å²) in [6, 6.07) is 0. The number of piperidine rings is 1. The number of nitrogens with one attached hydrogen (secondary N) is 1. The predicted octanol–water partition coefficient (Wildman–Crippen LogP) is 1.48. The highest BCUT2D eigenvalue weighted by Crippen LogP contribution is 2.11. The van der Waals surface area contributed by atoms with Gasteiger partial charge in [0.2, 0.25) is 0 Å². The lowest BCUT2D eigenvalue weighted by molar-refractivity contribution is 0.0938. The summed E-state index contributed by atoms with van der Waals surface area (Å²) in [4.78, 5) is 2.12. The van der Waals surface area contributed by atoms with Crippen LogP contribution in [0.2, 0.25) is 0 Å². The van der Waals surface area contributed by atoms with Crippen molar-refractivity contribution in [3.8, 4) is 0 Å². The fourth-order valence-electron chi connectivity index (χ4n) is 1.47. The second kappa shape index (κ2) is 4.45. The molecule has 0 spiro atoms. The Balaban J connectivity index is 2.34. The van der Waals surface area contributed by atoms with Crippen LogP contribution in [0.4, 0.5) is 0 Å². The molecule has 0 bridgehead atoms. The van der Waals surface area contributed by atoms with Crippen LogP contribution in [0.1, 0.15) is 26.2 Å². The Morgan fingerprint density at radius 1 is 1.58 bits per heavy atom. The Morgan fingerprint density at radius 3 is 2.92 bits per heavy atom. The van der Waals surface area contributed by atoms with E-state index in [0.717, 1.165) is 25.3 Å². The molecule has 3 heteroatoms. The van der Waals surface area contributed by atoms with Crippen molar-refractivity contribution >= 4 is 5.84 Å². The van der Waals surface area contributed by atoms with E-state index in [9.17, 15) is 0 Å². The lowest BCUT2D eigenvalue weighted by atomic mass is 10.1. The molecular weight excluding hydrogens is 152 g/mol. The van der Waals surface area contributed by atoms with E-state index in [2.05, 4.69) is 4.90 Å². The van der Waals surface area contributed by atoms with Crippen molar-refractivity contribution in [2.24, 2.45) is 0 Å². The molecule has 0 aromatic carbocycles. The van der Waals surface area contributed by atoms with Crippen molar-refractivity contribution in [1.82, 2.24) is 4.90 Å². The molecule has 1 N–H and O–H groups in total. The van der Waals surface area contributed by atoms with Crippen molar-refractivity contribution in [2.45, 2.75) is 32.3 Å². The molecule has 1 unspecified atom stereocenters. The Morgan fingerprint density at radius 2 is 2.33 bits per heavy atom. The molecule has 0 aliphatic carbocycles. The molecule has 0 aromatic heterocycles. The van der Waals surface area contributed by atoms with Gasteiger partial charge in [-0.25, -0.2) is 0 Å². The van der Waals surface area contributed by atoms with Crippen molar-refractivity contribution in [3.63, 3.8) is 0 Å². The van der Waals surface area contributed by atoms with Gasteiger partial charge in [0.25, 0.3) is 0 Å². The third-order valence-corrected chi connectivity index (χ3v) is 2.35. The molecule has 12 heavy (non-hydrogen) atoms. The maximum absolute atomic E-state index is 7.68. The molecule has 1 heterocycles. The molecular formula is C9H18N2O. The number of likely N-dealkylation sites (tertiary alicyclic amines) is 1. The lowest BCUT2D eigenvalue weighted by Crippen LogP contribution is -2.39. The summed E-state index contributed by atoms with van der Waals surface area (Å²) in [5.41, 5.74) is 0. The zero-order valence-electron chi connectivity index (χ0n) is 7.97. The highest BCUT2D eigenvalue weighted by molar-refractivity contribution is 5.79. The van der Waals surface area contributed by atoms with Crippen LogP contribution < -0.4 is 0 Å². The monoisotopic (exact) mass is 170 g/mol. The summed E-state index contributed by atoms with van der Waals surface area (Å²) < 4.78 is 5.16. The van der Waals surface area contributed by atoms with Crippen molar-refractivity contribution < 1.29 is 4.74 Å². The number of hydrogen-bond acceptors (Lipinski definition) is 2. The maximum atomic E-state index is 7.68. The van der Waals surface area contributed by atoms with E-state index in [1.807, 2.05) is 6.92 Å². The largest absolute Gasteiger partial charge is 0.380 e. The standard InChI is InChI=1S/C9H18N2O/c1-8(12-2)7-11-6-4-3-5-9(11)10/h8,10H,3-7H2,1-2H3. The number of hydrogen-bond donors (Lipinski definition) is 1. The van der Waals surface area contributed by atoms with E-state index in [4.69, 9.17) is 10.1 Å². The number of methoxy groups -OCH3 is 1. The van der Waals surface area contributed by atoms with E-state index in [1.165, 1.54) is 12.8 Å². The molecule has 0 amide bonds. The average Bonchev–Trinajstić information content (AvgIpc) is 2.09. The lowest BCUT2D eigenvalue weighted by Gasteiger charge is -2.31. The summed E-state index contributed by atoms with van der Waals surface area (Å²) in [6.07, 6.45) is 3.58. The highest BCUT2D eigenvalue weighted by Gasteiger charge is 2.16. The maximum Gasteiger partial charge on any atom is 0.0958 e. The van der Waals surface area contributed by atoms with E-state index in [-0.39, 0.29) is 6.10 Å². The molecule has 0 radical (unpaired) electrons. The first-order valence-electron chi connectivity index (χ1n) is 4.59. The SMILES string of the molecule is COC(C)CN1CCCCC1=N. The zero-order chi connectivity index (χ0) is 8.97. The van der Waals surface area contributed by atoms with Crippen LogP contribution in [0.15, 0.2) is 0 Å². The average molecular weight is 170 g/mol. The molecule has 1 fully saturated rings. The molecule has 1 aliphatic rings. The Hall–Kier alpha value is -0.570.